The predicted molar refractivity (Wildman–Crippen MR) is 68.1 cm³/mol. The number of halogens is 1. The van der Waals surface area contributed by atoms with E-state index in [2.05, 4.69) is 10.6 Å². The number of rotatable bonds is 3. The van der Waals surface area contributed by atoms with Gasteiger partial charge in [0.2, 0.25) is 11.8 Å². The standard InChI is InChI=1S/C10H11ClN2O4S/c1-6(14)12-9-4-3-8(18(11,16)17)5-10(9)13-7(2)15/h3-5H,1-2H3,(H,12,14)(H,13,15). The third-order valence-electron chi connectivity index (χ3n) is 1.89. The highest BCUT2D eigenvalue weighted by molar-refractivity contribution is 8.13. The molecule has 0 aliphatic rings. The molecule has 0 bridgehead atoms. The summed E-state index contributed by atoms with van der Waals surface area (Å²) in [6.07, 6.45) is 0. The first-order valence-corrected chi connectivity index (χ1v) is 7.15. The third-order valence-corrected chi connectivity index (χ3v) is 3.25. The number of nitrogens with one attached hydrogen (secondary N) is 2. The molecule has 0 fully saturated rings. The monoisotopic (exact) mass is 290 g/mol. The molecule has 1 aromatic rings. The molecule has 0 radical (unpaired) electrons. The highest BCUT2D eigenvalue weighted by atomic mass is 35.7. The van der Waals surface area contributed by atoms with Gasteiger partial charge in [0, 0.05) is 24.5 Å². The Kier molecular flexibility index (Phi) is 4.31. The molecule has 0 atom stereocenters. The van der Waals surface area contributed by atoms with Crippen molar-refractivity contribution in [2.24, 2.45) is 0 Å². The smallest absolute Gasteiger partial charge is 0.261 e. The van der Waals surface area contributed by atoms with Crippen LogP contribution in [0.1, 0.15) is 13.8 Å². The fourth-order valence-corrected chi connectivity index (χ4v) is 2.04. The summed E-state index contributed by atoms with van der Waals surface area (Å²) in [6, 6.07) is 3.76. The molecule has 0 spiro atoms. The topological polar surface area (TPSA) is 92.3 Å². The zero-order valence-corrected chi connectivity index (χ0v) is 11.2. The molecule has 2 N–H and O–H groups in total. The molecule has 0 saturated carbocycles. The van der Waals surface area contributed by atoms with Crippen molar-refractivity contribution in [3.05, 3.63) is 18.2 Å². The second-order valence-electron chi connectivity index (χ2n) is 3.51. The maximum absolute atomic E-state index is 11.2. The maximum Gasteiger partial charge on any atom is 0.261 e. The molecule has 0 heterocycles. The SMILES string of the molecule is CC(=O)Nc1ccc(S(=O)(=O)Cl)cc1NC(C)=O. The summed E-state index contributed by atoms with van der Waals surface area (Å²) in [5, 5.41) is 4.88. The van der Waals surface area contributed by atoms with E-state index >= 15 is 0 Å². The summed E-state index contributed by atoms with van der Waals surface area (Å²) in [5.74, 6) is -0.742. The Morgan fingerprint density at radius 1 is 1.06 bits per heavy atom. The van der Waals surface area contributed by atoms with Crippen LogP contribution in [-0.2, 0) is 18.6 Å². The van der Waals surface area contributed by atoms with E-state index in [0.29, 0.717) is 5.69 Å². The van der Waals surface area contributed by atoms with E-state index in [9.17, 15) is 18.0 Å². The van der Waals surface area contributed by atoms with Gasteiger partial charge in [0.05, 0.1) is 16.3 Å². The lowest BCUT2D eigenvalue weighted by Crippen LogP contribution is -2.12. The van der Waals surface area contributed by atoms with Gasteiger partial charge >= 0.3 is 0 Å². The van der Waals surface area contributed by atoms with Gasteiger partial charge in [0.15, 0.2) is 0 Å². The molecule has 0 aliphatic heterocycles. The zero-order valence-electron chi connectivity index (χ0n) is 9.65. The summed E-state index contributed by atoms with van der Waals surface area (Å²) in [5.41, 5.74) is 0.459. The van der Waals surface area contributed by atoms with Crippen LogP contribution < -0.4 is 10.6 Å². The summed E-state index contributed by atoms with van der Waals surface area (Å²) in [4.78, 5) is 21.8. The van der Waals surface area contributed by atoms with Crippen LogP contribution in [0.2, 0.25) is 0 Å². The Labute approximate surface area is 109 Å². The van der Waals surface area contributed by atoms with Crippen molar-refractivity contribution in [1.82, 2.24) is 0 Å². The van der Waals surface area contributed by atoms with E-state index in [1.165, 1.54) is 32.0 Å². The largest absolute Gasteiger partial charge is 0.325 e. The van der Waals surface area contributed by atoms with Crippen LogP contribution >= 0.6 is 10.7 Å². The van der Waals surface area contributed by atoms with Gasteiger partial charge in [0.1, 0.15) is 0 Å². The summed E-state index contributed by atoms with van der Waals surface area (Å²) in [6.45, 7) is 2.56. The molecule has 8 heteroatoms. The molecule has 0 aromatic heterocycles. The lowest BCUT2D eigenvalue weighted by Gasteiger charge is -2.11. The van der Waals surface area contributed by atoms with E-state index in [-0.39, 0.29) is 16.5 Å². The van der Waals surface area contributed by atoms with Gasteiger partial charge in [-0.05, 0) is 18.2 Å². The first kappa shape index (κ1) is 14.5. The fraction of sp³-hybridized carbons (Fsp3) is 0.200. The second kappa shape index (κ2) is 5.36. The first-order valence-electron chi connectivity index (χ1n) is 4.84. The van der Waals surface area contributed by atoms with Crippen molar-refractivity contribution in [3.8, 4) is 0 Å². The number of hydrogen-bond donors (Lipinski definition) is 2. The van der Waals surface area contributed by atoms with Crippen LogP contribution in [0.3, 0.4) is 0 Å². The van der Waals surface area contributed by atoms with E-state index in [0.717, 1.165) is 0 Å². The normalized spacial score (nSPS) is 10.8. The van der Waals surface area contributed by atoms with Gasteiger partial charge in [-0.15, -0.1) is 0 Å². The Balaban J connectivity index is 3.28. The quantitative estimate of drug-likeness (QED) is 0.826. The summed E-state index contributed by atoms with van der Waals surface area (Å²) < 4.78 is 22.3. The number of hydrogen-bond acceptors (Lipinski definition) is 4. The van der Waals surface area contributed by atoms with Crippen molar-refractivity contribution >= 4 is 42.9 Å². The lowest BCUT2D eigenvalue weighted by molar-refractivity contribution is -0.115. The second-order valence-corrected chi connectivity index (χ2v) is 6.07. The lowest BCUT2D eigenvalue weighted by atomic mass is 10.2. The molecule has 1 rings (SSSR count). The first-order chi connectivity index (χ1) is 8.20. The maximum atomic E-state index is 11.2. The number of benzene rings is 1. The Morgan fingerprint density at radius 2 is 1.56 bits per heavy atom. The van der Waals surface area contributed by atoms with Gasteiger partial charge in [-0.3, -0.25) is 9.59 Å². The van der Waals surface area contributed by atoms with Crippen LogP contribution in [0, 0.1) is 0 Å². The van der Waals surface area contributed by atoms with Crippen molar-refractivity contribution in [3.63, 3.8) is 0 Å². The number of carbonyl (C=O) groups is 2. The average molecular weight is 291 g/mol. The molecule has 0 saturated heterocycles. The molecular weight excluding hydrogens is 280 g/mol. The average Bonchev–Trinajstić information content (AvgIpc) is 2.17. The Morgan fingerprint density at radius 3 is 2.00 bits per heavy atom. The third kappa shape index (κ3) is 4.01. The van der Waals surface area contributed by atoms with E-state index < -0.39 is 15.0 Å². The van der Waals surface area contributed by atoms with Crippen molar-refractivity contribution in [2.45, 2.75) is 18.7 Å². The fourth-order valence-electron chi connectivity index (χ4n) is 1.27. The predicted octanol–water partition coefficient (Wildman–Crippen LogP) is 1.53. The minimum absolute atomic E-state index is 0.165. The molecule has 0 aliphatic carbocycles. The van der Waals surface area contributed by atoms with Gasteiger partial charge < -0.3 is 10.6 Å². The minimum Gasteiger partial charge on any atom is -0.325 e. The molecule has 98 valence electrons. The highest BCUT2D eigenvalue weighted by Gasteiger charge is 2.14. The summed E-state index contributed by atoms with van der Waals surface area (Å²) in [7, 11) is 1.30. The molecule has 1 aromatic carbocycles. The van der Waals surface area contributed by atoms with Gasteiger partial charge in [-0.1, -0.05) is 0 Å². The van der Waals surface area contributed by atoms with Gasteiger partial charge in [0.25, 0.3) is 9.05 Å². The van der Waals surface area contributed by atoms with Gasteiger partial charge in [-0.2, -0.15) is 0 Å². The van der Waals surface area contributed by atoms with Crippen LogP contribution in [0.5, 0.6) is 0 Å². The van der Waals surface area contributed by atoms with E-state index in [4.69, 9.17) is 10.7 Å². The molecule has 6 nitrogen and oxygen atoms in total. The number of carbonyl (C=O) groups excluding carboxylic acids is 2. The van der Waals surface area contributed by atoms with Crippen molar-refractivity contribution in [1.29, 1.82) is 0 Å². The van der Waals surface area contributed by atoms with Crippen LogP contribution in [-0.4, -0.2) is 20.2 Å². The Hall–Kier alpha value is -1.60. The highest BCUT2D eigenvalue weighted by Crippen LogP contribution is 2.27. The van der Waals surface area contributed by atoms with E-state index in [1.807, 2.05) is 0 Å². The van der Waals surface area contributed by atoms with Crippen LogP contribution in [0.4, 0.5) is 11.4 Å². The van der Waals surface area contributed by atoms with Crippen molar-refractivity contribution in [2.75, 3.05) is 10.6 Å². The minimum atomic E-state index is -3.90. The zero-order chi connectivity index (χ0) is 13.9. The molecule has 0 unspecified atom stereocenters. The molecular formula is C10H11ClN2O4S. The molecule has 2 amide bonds. The van der Waals surface area contributed by atoms with Crippen LogP contribution in [0.15, 0.2) is 23.1 Å². The number of amides is 2. The number of anilines is 2. The van der Waals surface area contributed by atoms with Crippen LogP contribution in [0.25, 0.3) is 0 Å². The summed E-state index contributed by atoms with van der Waals surface area (Å²) >= 11 is 0. The molecule has 18 heavy (non-hydrogen) atoms. The Bertz CT molecular complexity index is 598. The van der Waals surface area contributed by atoms with Crippen molar-refractivity contribution < 1.29 is 18.0 Å². The van der Waals surface area contributed by atoms with E-state index in [1.54, 1.807) is 0 Å². The van der Waals surface area contributed by atoms with Gasteiger partial charge in [-0.25, -0.2) is 8.42 Å².